The van der Waals surface area contributed by atoms with Crippen LogP contribution in [0, 0.1) is 0 Å². The number of hydrogen-bond acceptors (Lipinski definition) is 8. The molecule has 0 saturated heterocycles. The van der Waals surface area contributed by atoms with Crippen LogP contribution in [0.5, 0.6) is 17.2 Å². The summed E-state index contributed by atoms with van der Waals surface area (Å²) in [6.45, 7) is 0.476. The van der Waals surface area contributed by atoms with E-state index in [1.54, 1.807) is 49.6 Å². The van der Waals surface area contributed by atoms with Crippen molar-refractivity contribution < 1.29 is 27.0 Å². The van der Waals surface area contributed by atoms with Gasteiger partial charge in [-0.25, -0.2) is 8.42 Å². The highest BCUT2D eigenvalue weighted by Gasteiger charge is 2.28. The molecule has 3 aromatic carbocycles. The molecule has 4 aromatic rings. The van der Waals surface area contributed by atoms with Crippen LogP contribution >= 0.6 is 0 Å². The number of fused-ring (bicyclic) bond motifs is 1. The maximum atomic E-state index is 13.3. The molecule has 1 N–H and O–H groups in total. The van der Waals surface area contributed by atoms with Crippen LogP contribution in [0.2, 0.25) is 0 Å². The van der Waals surface area contributed by atoms with Crippen LogP contribution in [0.25, 0.3) is 11.5 Å². The fraction of sp³-hybridized carbons (Fsp3) is 0.125. The van der Waals surface area contributed by atoms with E-state index in [9.17, 15) is 8.42 Å². The number of methoxy groups -OCH3 is 1. The number of rotatable bonds is 7. The molecule has 0 spiro atoms. The quantitative estimate of drug-likeness (QED) is 0.426. The first-order valence-corrected chi connectivity index (χ1v) is 11.6. The van der Waals surface area contributed by atoms with Gasteiger partial charge in [0.2, 0.25) is 33.4 Å². The summed E-state index contributed by atoms with van der Waals surface area (Å²) in [5, 5.41) is 2.90. The number of nitrogens with zero attached hydrogens (tertiary/aromatic N) is 1. The largest absolute Gasteiger partial charge is 0.497 e. The van der Waals surface area contributed by atoms with Gasteiger partial charge in [-0.3, -0.25) is 0 Å². The molecule has 0 fully saturated rings. The van der Waals surface area contributed by atoms with E-state index in [4.69, 9.17) is 18.6 Å². The summed E-state index contributed by atoms with van der Waals surface area (Å²) in [6, 6.07) is 20.7. The molecule has 0 bridgehead atoms. The Balaban J connectivity index is 1.51. The Morgan fingerprint density at radius 1 is 0.970 bits per heavy atom. The van der Waals surface area contributed by atoms with Crippen molar-refractivity contribution in [1.29, 1.82) is 0 Å². The van der Waals surface area contributed by atoms with Crippen LogP contribution in [-0.4, -0.2) is 27.3 Å². The van der Waals surface area contributed by atoms with Crippen molar-refractivity contribution in [2.24, 2.45) is 0 Å². The number of oxazole rings is 1. The van der Waals surface area contributed by atoms with Crippen molar-refractivity contribution in [3.8, 4) is 28.7 Å². The van der Waals surface area contributed by atoms with Gasteiger partial charge >= 0.3 is 0 Å². The van der Waals surface area contributed by atoms with Gasteiger partial charge in [-0.05, 0) is 54.1 Å². The van der Waals surface area contributed by atoms with Gasteiger partial charge in [-0.2, -0.15) is 4.98 Å². The molecule has 9 heteroatoms. The summed E-state index contributed by atoms with van der Waals surface area (Å²) in [4.78, 5) is 4.48. The Morgan fingerprint density at radius 2 is 1.73 bits per heavy atom. The molecule has 168 valence electrons. The minimum Gasteiger partial charge on any atom is -0.497 e. The Hall–Kier alpha value is -3.98. The summed E-state index contributed by atoms with van der Waals surface area (Å²) < 4.78 is 48.5. The van der Waals surface area contributed by atoms with Gasteiger partial charge in [0.05, 0.1) is 12.0 Å². The predicted octanol–water partition coefficient (Wildman–Crippen LogP) is 4.52. The van der Waals surface area contributed by atoms with E-state index in [0.717, 1.165) is 5.56 Å². The molecule has 33 heavy (non-hydrogen) atoms. The van der Waals surface area contributed by atoms with Crippen LogP contribution < -0.4 is 19.5 Å². The van der Waals surface area contributed by atoms with E-state index < -0.39 is 9.84 Å². The maximum Gasteiger partial charge on any atom is 0.234 e. The number of nitrogens with one attached hydrogen (secondary N) is 1. The van der Waals surface area contributed by atoms with Crippen molar-refractivity contribution in [2.75, 3.05) is 19.2 Å². The van der Waals surface area contributed by atoms with Gasteiger partial charge in [-0.1, -0.05) is 24.3 Å². The highest BCUT2D eigenvalue weighted by Crippen LogP contribution is 2.35. The molecule has 0 amide bonds. The fourth-order valence-electron chi connectivity index (χ4n) is 3.40. The van der Waals surface area contributed by atoms with Gasteiger partial charge in [0.1, 0.15) is 5.75 Å². The molecule has 0 aliphatic carbocycles. The first kappa shape index (κ1) is 20.9. The summed E-state index contributed by atoms with van der Waals surface area (Å²) in [5.74, 6) is 2.22. The topological polar surface area (TPSA) is 99.9 Å². The molecular weight excluding hydrogens is 444 g/mol. The van der Waals surface area contributed by atoms with E-state index in [1.807, 2.05) is 18.2 Å². The van der Waals surface area contributed by atoms with Crippen LogP contribution in [-0.2, 0) is 16.4 Å². The molecule has 0 unspecified atom stereocenters. The lowest BCUT2D eigenvalue weighted by molar-refractivity contribution is 0.174. The summed E-state index contributed by atoms with van der Waals surface area (Å²) in [7, 11) is -2.35. The molecule has 2 heterocycles. The van der Waals surface area contributed by atoms with Crippen molar-refractivity contribution in [3.05, 3.63) is 78.4 Å². The highest BCUT2D eigenvalue weighted by molar-refractivity contribution is 7.91. The number of ether oxygens (including phenoxy) is 3. The molecule has 1 aliphatic heterocycles. The summed E-state index contributed by atoms with van der Waals surface area (Å²) in [6.07, 6.45) is 0. The lowest BCUT2D eigenvalue weighted by Crippen LogP contribution is -2.07. The second-order valence-corrected chi connectivity index (χ2v) is 9.10. The average molecular weight is 464 g/mol. The third-order valence-corrected chi connectivity index (χ3v) is 6.81. The predicted molar refractivity (Wildman–Crippen MR) is 120 cm³/mol. The number of hydrogen-bond donors (Lipinski definition) is 1. The molecule has 5 rings (SSSR count). The zero-order valence-corrected chi connectivity index (χ0v) is 18.5. The monoisotopic (exact) mass is 464 g/mol. The van der Waals surface area contributed by atoms with Gasteiger partial charge in [0.25, 0.3) is 0 Å². The molecule has 8 nitrogen and oxygen atoms in total. The molecular formula is C24H20N2O6S. The van der Waals surface area contributed by atoms with Crippen LogP contribution in [0.15, 0.2) is 87.1 Å². The maximum absolute atomic E-state index is 13.3. The lowest BCUT2D eigenvalue weighted by atomic mass is 10.2. The number of benzene rings is 3. The smallest absolute Gasteiger partial charge is 0.234 e. The van der Waals surface area contributed by atoms with Gasteiger partial charge in [-0.15, -0.1) is 0 Å². The van der Waals surface area contributed by atoms with E-state index in [1.165, 1.54) is 12.1 Å². The minimum absolute atomic E-state index is 0.0577. The average Bonchev–Trinajstić information content (AvgIpc) is 3.50. The minimum atomic E-state index is -3.92. The van der Waals surface area contributed by atoms with Gasteiger partial charge < -0.3 is 23.9 Å². The highest BCUT2D eigenvalue weighted by atomic mass is 32.2. The first-order valence-electron chi connectivity index (χ1n) is 10.1. The van der Waals surface area contributed by atoms with Crippen molar-refractivity contribution in [2.45, 2.75) is 16.5 Å². The first-order chi connectivity index (χ1) is 16.0. The van der Waals surface area contributed by atoms with Crippen LogP contribution in [0.4, 0.5) is 5.88 Å². The molecule has 1 aliphatic rings. The SMILES string of the molecule is COc1ccc(-c2nc(S(=O)(=O)c3ccccc3)c(NCc3ccc4c(c3)OCO4)o2)cc1. The van der Waals surface area contributed by atoms with Gasteiger partial charge in [0.15, 0.2) is 11.5 Å². The van der Waals surface area contributed by atoms with Crippen molar-refractivity contribution in [3.63, 3.8) is 0 Å². The standard InChI is InChI=1S/C24H20N2O6S/c1-29-18-10-8-17(9-11-18)22-26-24(33(27,28)19-5-3-2-4-6-19)23(32-22)25-14-16-7-12-20-21(13-16)31-15-30-20/h2-13,25H,14-15H2,1H3. The zero-order chi connectivity index (χ0) is 22.8. The number of anilines is 1. The van der Waals surface area contributed by atoms with E-state index in [-0.39, 0.29) is 28.5 Å². The normalized spacial score (nSPS) is 12.5. The Morgan fingerprint density at radius 3 is 2.48 bits per heavy atom. The Bertz CT molecular complexity index is 1380. The zero-order valence-electron chi connectivity index (χ0n) is 17.6. The van der Waals surface area contributed by atoms with Crippen LogP contribution in [0.1, 0.15) is 5.56 Å². The third-order valence-electron chi connectivity index (χ3n) is 5.13. The molecule has 0 atom stereocenters. The number of aromatic nitrogens is 1. The van der Waals surface area contributed by atoms with Gasteiger partial charge in [0, 0.05) is 12.1 Å². The second-order valence-electron chi connectivity index (χ2n) is 7.24. The number of sulfone groups is 1. The molecule has 0 saturated carbocycles. The van der Waals surface area contributed by atoms with E-state index in [2.05, 4.69) is 10.3 Å². The van der Waals surface area contributed by atoms with Crippen molar-refractivity contribution >= 4 is 15.7 Å². The van der Waals surface area contributed by atoms with Crippen LogP contribution in [0.3, 0.4) is 0 Å². The molecule has 0 radical (unpaired) electrons. The van der Waals surface area contributed by atoms with Crippen molar-refractivity contribution in [1.82, 2.24) is 4.98 Å². The van der Waals surface area contributed by atoms with E-state index >= 15 is 0 Å². The molecule has 1 aromatic heterocycles. The Labute approximate surface area is 190 Å². The van der Waals surface area contributed by atoms with E-state index in [0.29, 0.717) is 29.4 Å². The lowest BCUT2D eigenvalue weighted by Gasteiger charge is -2.07. The third kappa shape index (κ3) is 4.10. The second kappa shape index (κ2) is 8.51. The summed E-state index contributed by atoms with van der Waals surface area (Å²) in [5.41, 5.74) is 1.49. The fourth-order valence-corrected chi connectivity index (χ4v) is 4.70. The Kier molecular flexibility index (Phi) is 5.39. The summed E-state index contributed by atoms with van der Waals surface area (Å²) >= 11 is 0.